The second kappa shape index (κ2) is 4.21. The topological polar surface area (TPSA) is 60.4 Å². The smallest absolute Gasteiger partial charge is 0.243 e. The fourth-order valence-corrected chi connectivity index (χ4v) is 1.42. The molecule has 1 rings (SSSR count). The standard InChI is InChI=1S/C8H11BO4/c9-8(12)13-4-3-5-6(10)1-2-7(5)11/h5H,1-4,9H2. The maximum Gasteiger partial charge on any atom is 0.243 e. The first-order chi connectivity index (χ1) is 6.11. The minimum atomic E-state index is -0.514. The highest BCUT2D eigenvalue weighted by molar-refractivity contribution is 6.55. The minimum absolute atomic E-state index is 0.0165. The van der Waals surface area contributed by atoms with E-state index in [2.05, 4.69) is 4.74 Å². The van der Waals surface area contributed by atoms with Crippen LogP contribution in [0.25, 0.3) is 0 Å². The number of ketones is 2. The fourth-order valence-electron chi connectivity index (χ4n) is 1.42. The van der Waals surface area contributed by atoms with Crippen LogP contribution in [0, 0.1) is 5.92 Å². The fraction of sp³-hybridized carbons (Fsp3) is 0.625. The van der Waals surface area contributed by atoms with Crippen molar-refractivity contribution in [1.29, 1.82) is 0 Å². The summed E-state index contributed by atoms with van der Waals surface area (Å²) >= 11 is 0. The molecule has 1 aliphatic carbocycles. The van der Waals surface area contributed by atoms with E-state index in [1.165, 1.54) is 7.85 Å². The van der Waals surface area contributed by atoms with Crippen molar-refractivity contribution in [2.75, 3.05) is 6.61 Å². The van der Waals surface area contributed by atoms with E-state index in [9.17, 15) is 14.4 Å². The molecule has 0 heterocycles. The Morgan fingerprint density at radius 3 is 2.38 bits per heavy atom. The van der Waals surface area contributed by atoms with Gasteiger partial charge in [0.25, 0.3) is 0 Å². The van der Waals surface area contributed by atoms with Gasteiger partial charge in [-0.2, -0.15) is 0 Å². The monoisotopic (exact) mass is 182 g/mol. The van der Waals surface area contributed by atoms with Crippen molar-refractivity contribution in [2.24, 2.45) is 5.92 Å². The van der Waals surface area contributed by atoms with Crippen LogP contribution in [0.5, 0.6) is 0 Å². The zero-order valence-electron chi connectivity index (χ0n) is 7.54. The molecule has 1 aliphatic rings. The van der Waals surface area contributed by atoms with Gasteiger partial charge in [0.15, 0.2) is 0 Å². The zero-order valence-corrected chi connectivity index (χ0v) is 7.54. The van der Waals surface area contributed by atoms with Crippen molar-refractivity contribution in [2.45, 2.75) is 19.3 Å². The van der Waals surface area contributed by atoms with E-state index in [0.717, 1.165) is 0 Å². The highest BCUT2D eigenvalue weighted by Crippen LogP contribution is 2.20. The van der Waals surface area contributed by atoms with E-state index < -0.39 is 5.92 Å². The molecule has 70 valence electrons. The summed E-state index contributed by atoms with van der Waals surface area (Å²) in [7, 11) is 1.30. The van der Waals surface area contributed by atoms with Gasteiger partial charge in [0, 0.05) is 12.8 Å². The van der Waals surface area contributed by atoms with Gasteiger partial charge in [-0.05, 0) is 6.42 Å². The van der Waals surface area contributed by atoms with Crippen LogP contribution < -0.4 is 0 Å². The highest BCUT2D eigenvalue weighted by atomic mass is 16.5. The summed E-state index contributed by atoms with van der Waals surface area (Å²) in [5, 5.41) is 0. The summed E-state index contributed by atoms with van der Waals surface area (Å²) < 4.78 is 4.66. The number of carbonyl (C=O) groups excluding carboxylic acids is 3. The normalized spacial score (nSPS) is 17.8. The van der Waals surface area contributed by atoms with Crippen molar-refractivity contribution >= 4 is 25.3 Å². The van der Waals surface area contributed by atoms with E-state index in [4.69, 9.17) is 0 Å². The van der Waals surface area contributed by atoms with Crippen LogP contribution in [0.15, 0.2) is 0 Å². The van der Waals surface area contributed by atoms with E-state index in [1.807, 2.05) is 0 Å². The van der Waals surface area contributed by atoms with Gasteiger partial charge < -0.3 is 4.74 Å². The van der Waals surface area contributed by atoms with Crippen molar-refractivity contribution in [3.05, 3.63) is 0 Å². The summed E-state index contributed by atoms with van der Waals surface area (Å²) in [4.78, 5) is 32.6. The van der Waals surface area contributed by atoms with E-state index >= 15 is 0 Å². The molecule has 0 bridgehead atoms. The maximum absolute atomic E-state index is 11.1. The molecule has 5 heteroatoms. The van der Waals surface area contributed by atoms with Gasteiger partial charge in [-0.15, -0.1) is 0 Å². The number of Topliss-reactive ketones (excluding diaryl/α,β-unsaturated/α-hetero) is 2. The molecule has 1 saturated carbocycles. The van der Waals surface area contributed by atoms with Crippen LogP contribution in [-0.2, 0) is 14.3 Å². The Hall–Kier alpha value is -1.13. The summed E-state index contributed by atoms with van der Waals surface area (Å²) in [6, 6.07) is 0. The van der Waals surface area contributed by atoms with Crippen LogP contribution in [-0.4, -0.2) is 31.9 Å². The van der Waals surface area contributed by atoms with E-state index in [0.29, 0.717) is 19.3 Å². The molecule has 0 spiro atoms. The quantitative estimate of drug-likeness (QED) is 0.443. The van der Waals surface area contributed by atoms with Crippen molar-refractivity contribution in [3.63, 3.8) is 0 Å². The molecule has 0 radical (unpaired) electrons. The second-order valence-corrected chi connectivity index (χ2v) is 3.11. The molecule has 0 atom stereocenters. The number of carbonyl (C=O) groups is 3. The summed E-state index contributed by atoms with van der Waals surface area (Å²) in [6.07, 6.45) is 1.05. The lowest BCUT2D eigenvalue weighted by Crippen LogP contribution is -2.17. The Morgan fingerprint density at radius 2 is 1.92 bits per heavy atom. The Bertz CT molecular complexity index is 233. The van der Waals surface area contributed by atoms with Crippen LogP contribution in [0.1, 0.15) is 19.3 Å². The summed E-state index contributed by atoms with van der Waals surface area (Å²) in [5.74, 6) is -0.924. The molecule has 1 fully saturated rings. The molecule has 0 unspecified atom stereocenters. The first kappa shape index (κ1) is 9.96. The third-order valence-corrected chi connectivity index (χ3v) is 2.11. The van der Waals surface area contributed by atoms with Crippen molar-refractivity contribution < 1.29 is 19.1 Å². The first-order valence-corrected chi connectivity index (χ1v) is 4.30. The number of rotatable bonds is 3. The lowest BCUT2D eigenvalue weighted by Gasteiger charge is -2.05. The SMILES string of the molecule is BC(=O)OCCC1C(=O)CCC1=O. The maximum atomic E-state index is 11.1. The van der Waals surface area contributed by atoms with Crippen molar-refractivity contribution in [1.82, 2.24) is 0 Å². The van der Waals surface area contributed by atoms with E-state index in [-0.39, 0.29) is 24.0 Å². The van der Waals surface area contributed by atoms with Gasteiger partial charge in [-0.25, -0.2) is 0 Å². The third-order valence-electron chi connectivity index (χ3n) is 2.11. The Kier molecular flexibility index (Phi) is 3.22. The molecule has 0 aromatic rings. The predicted octanol–water partition coefficient (Wildman–Crippen LogP) is -0.306. The van der Waals surface area contributed by atoms with Crippen LogP contribution in [0.2, 0.25) is 0 Å². The molecule has 0 saturated heterocycles. The average molecular weight is 182 g/mol. The molecular formula is C8H11BO4. The van der Waals surface area contributed by atoms with Crippen LogP contribution >= 0.6 is 0 Å². The molecule has 0 aliphatic heterocycles. The van der Waals surface area contributed by atoms with Crippen LogP contribution in [0.4, 0.5) is 4.79 Å². The van der Waals surface area contributed by atoms with Gasteiger partial charge in [-0.3, -0.25) is 14.4 Å². The summed E-state index contributed by atoms with van der Waals surface area (Å²) in [5.41, 5.74) is 0. The van der Waals surface area contributed by atoms with Crippen molar-refractivity contribution in [3.8, 4) is 0 Å². The van der Waals surface area contributed by atoms with Gasteiger partial charge in [0.05, 0.1) is 12.5 Å². The van der Waals surface area contributed by atoms with Gasteiger partial charge >= 0.3 is 0 Å². The lowest BCUT2D eigenvalue weighted by atomic mass is 10.0. The zero-order chi connectivity index (χ0) is 9.84. The summed E-state index contributed by atoms with van der Waals surface area (Å²) in [6.45, 7) is 0.164. The average Bonchev–Trinajstić information content (AvgIpc) is 2.34. The highest BCUT2D eigenvalue weighted by Gasteiger charge is 2.32. The molecule has 4 nitrogen and oxygen atoms in total. The first-order valence-electron chi connectivity index (χ1n) is 4.30. The predicted molar refractivity (Wildman–Crippen MR) is 47.2 cm³/mol. The Balaban J connectivity index is 2.31. The van der Waals surface area contributed by atoms with Gasteiger partial charge in [-0.1, -0.05) is 0 Å². The molecule has 0 aromatic carbocycles. The molecule has 0 N–H and O–H groups in total. The van der Waals surface area contributed by atoms with E-state index in [1.54, 1.807) is 0 Å². The lowest BCUT2D eigenvalue weighted by molar-refractivity contribution is -0.127. The molecule has 0 amide bonds. The number of hydrogen-bond acceptors (Lipinski definition) is 4. The molecule has 13 heavy (non-hydrogen) atoms. The van der Waals surface area contributed by atoms with Gasteiger partial charge in [0.1, 0.15) is 11.6 Å². The Labute approximate surface area is 77.0 Å². The molecule has 0 aromatic heterocycles. The third kappa shape index (κ3) is 2.68. The number of hydrogen-bond donors (Lipinski definition) is 0. The van der Waals surface area contributed by atoms with Crippen LogP contribution in [0.3, 0.4) is 0 Å². The van der Waals surface area contributed by atoms with Gasteiger partial charge in [0.2, 0.25) is 13.7 Å². The molecular weight excluding hydrogens is 171 g/mol. The largest absolute Gasteiger partial charge is 0.474 e. The number of ether oxygens (including phenoxy) is 1. The Morgan fingerprint density at radius 1 is 1.38 bits per heavy atom. The second-order valence-electron chi connectivity index (χ2n) is 3.11. The minimum Gasteiger partial charge on any atom is -0.474 e.